The Morgan fingerprint density at radius 1 is 0.860 bits per heavy atom. The SMILES string of the molecule is CC(C)[C@H](NC(=O)[C@@H]1CCCN1C(=O)[C@@H](NC(=O)CN1CCN(CC(=O)O)C1=O)C(C)C)C(=O)C(=O)Cc1ccccc1. The third-order valence-corrected chi connectivity index (χ3v) is 7.66. The maximum absolute atomic E-state index is 13.6. The van der Waals surface area contributed by atoms with Crippen LogP contribution in [0.15, 0.2) is 30.3 Å². The first-order valence-electron chi connectivity index (χ1n) is 14.6. The number of likely N-dealkylation sites (tertiary alicyclic amines) is 1. The molecule has 1 aromatic carbocycles. The molecule has 3 rings (SSSR count). The van der Waals surface area contributed by atoms with E-state index in [0.717, 1.165) is 4.90 Å². The van der Waals surface area contributed by atoms with E-state index in [9.17, 15) is 33.6 Å². The largest absolute Gasteiger partial charge is 0.480 e. The van der Waals surface area contributed by atoms with Gasteiger partial charge in [-0.1, -0.05) is 58.0 Å². The lowest BCUT2D eigenvalue weighted by atomic mass is 9.94. The number of rotatable bonds is 14. The van der Waals surface area contributed by atoms with E-state index in [1.165, 1.54) is 9.80 Å². The molecule has 2 aliphatic rings. The molecule has 13 heteroatoms. The summed E-state index contributed by atoms with van der Waals surface area (Å²) in [4.78, 5) is 92.8. The minimum atomic E-state index is -1.16. The van der Waals surface area contributed by atoms with Gasteiger partial charge in [0.25, 0.3) is 0 Å². The second-order valence-electron chi connectivity index (χ2n) is 11.7. The Bertz CT molecular complexity index is 1230. The maximum Gasteiger partial charge on any atom is 0.323 e. The van der Waals surface area contributed by atoms with Gasteiger partial charge in [0.1, 0.15) is 25.2 Å². The lowest BCUT2D eigenvalue weighted by molar-refractivity contribution is -0.144. The Hall–Kier alpha value is -4.29. The first kappa shape index (κ1) is 33.2. The molecule has 2 fully saturated rings. The number of urea groups is 1. The molecule has 5 amide bonds. The quantitative estimate of drug-likeness (QED) is 0.259. The summed E-state index contributed by atoms with van der Waals surface area (Å²) in [5.41, 5.74) is 0.690. The predicted octanol–water partition coefficient (Wildman–Crippen LogP) is 0.462. The highest BCUT2D eigenvalue weighted by Gasteiger charge is 2.41. The zero-order chi connectivity index (χ0) is 31.8. The Labute approximate surface area is 250 Å². The summed E-state index contributed by atoms with van der Waals surface area (Å²) in [5, 5.41) is 14.3. The number of amides is 5. The summed E-state index contributed by atoms with van der Waals surface area (Å²) in [6.07, 6.45) is 0.815. The lowest BCUT2D eigenvalue weighted by Gasteiger charge is -2.32. The van der Waals surface area contributed by atoms with Crippen LogP contribution in [0.1, 0.15) is 46.1 Å². The third-order valence-electron chi connectivity index (χ3n) is 7.66. The number of hydrogen-bond donors (Lipinski definition) is 3. The average molecular weight is 600 g/mol. The molecular formula is C30H41N5O8. The van der Waals surface area contributed by atoms with Gasteiger partial charge in [-0.25, -0.2) is 4.79 Å². The number of Topliss-reactive ketones (excluding diaryl/α,β-unsaturated/α-hetero) is 2. The number of carboxylic acids is 1. The smallest absolute Gasteiger partial charge is 0.323 e. The van der Waals surface area contributed by atoms with Gasteiger partial charge < -0.3 is 30.4 Å². The third kappa shape index (κ3) is 8.62. The minimum absolute atomic E-state index is 0.0802. The van der Waals surface area contributed by atoms with Crippen LogP contribution < -0.4 is 10.6 Å². The molecule has 0 radical (unpaired) electrons. The summed E-state index contributed by atoms with van der Waals surface area (Å²) < 4.78 is 0. The number of carbonyl (C=O) groups excluding carboxylic acids is 6. The molecule has 2 saturated heterocycles. The van der Waals surface area contributed by atoms with Crippen LogP contribution in [0.25, 0.3) is 0 Å². The van der Waals surface area contributed by atoms with Crippen molar-refractivity contribution in [3.8, 4) is 0 Å². The van der Waals surface area contributed by atoms with E-state index < -0.39 is 66.0 Å². The van der Waals surface area contributed by atoms with Crippen LogP contribution in [0.3, 0.4) is 0 Å². The summed E-state index contributed by atoms with van der Waals surface area (Å²) in [7, 11) is 0. The molecule has 3 atom stereocenters. The highest BCUT2D eigenvalue weighted by Crippen LogP contribution is 2.21. The van der Waals surface area contributed by atoms with Crippen molar-refractivity contribution >= 4 is 41.3 Å². The highest BCUT2D eigenvalue weighted by atomic mass is 16.4. The molecule has 2 heterocycles. The second-order valence-corrected chi connectivity index (χ2v) is 11.7. The minimum Gasteiger partial charge on any atom is -0.480 e. The van der Waals surface area contributed by atoms with Crippen molar-refractivity contribution < 1.29 is 38.7 Å². The molecule has 2 aliphatic heterocycles. The van der Waals surface area contributed by atoms with Gasteiger partial charge in [0.05, 0.1) is 6.04 Å². The van der Waals surface area contributed by atoms with E-state index >= 15 is 0 Å². The van der Waals surface area contributed by atoms with E-state index in [1.54, 1.807) is 52.0 Å². The maximum atomic E-state index is 13.6. The van der Waals surface area contributed by atoms with Gasteiger partial charge in [-0.3, -0.25) is 28.8 Å². The highest BCUT2D eigenvalue weighted by molar-refractivity contribution is 6.40. The van der Waals surface area contributed by atoms with Crippen LogP contribution in [0.4, 0.5) is 4.79 Å². The Balaban J connectivity index is 1.64. The van der Waals surface area contributed by atoms with Crippen LogP contribution in [-0.2, 0) is 35.2 Å². The topological polar surface area (TPSA) is 174 Å². The second kappa shape index (κ2) is 14.7. The summed E-state index contributed by atoms with van der Waals surface area (Å²) >= 11 is 0. The first-order valence-corrected chi connectivity index (χ1v) is 14.6. The lowest BCUT2D eigenvalue weighted by Crippen LogP contribution is -2.58. The van der Waals surface area contributed by atoms with E-state index in [0.29, 0.717) is 18.4 Å². The standard InChI is InChI=1S/C30H41N5O8/c1-18(2)25(27(40)22(36)15-20-9-6-5-7-10-20)32-28(41)21-11-8-12-35(21)29(42)26(19(3)4)31-23(37)16-33-13-14-34(30(33)43)17-24(38)39/h5-7,9-10,18-19,21,25-26H,8,11-17H2,1-4H3,(H,31,37)(H,32,41)(H,38,39)/t21-,25-,26-/m0/s1. The normalized spacial score (nSPS) is 18.1. The van der Waals surface area contributed by atoms with Gasteiger partial charge in [-0.15, -0.1) is 0 Å². The van der Waals surface area contributed by atoms with E-state index in [-0.39, 0.29) is 44.4 Å². The van der Waals surface area contributed by atoms with Crippen LogP contribution >= 0.6 is 0 Å². The zero-order valence-corrected chi connectivity index (χ0v) is 25.1. The van der Waals surface area contributed by atoms with E-state index in [1.807, 2.05) is 6.07 Å². The summed E-state index contributed by atoms with van der Waals surface area (Å²) in [6.45, 7) is 6.77. The molecule has 234 valence electrons. The summed E-state index contributed by atoms with van der Waals surface area (Å²) in [6, 6.07) is 5.36. The number of benzene rings is 1. The molecule has 0 unspecified atom stereocenters. The zero-order valence-electron chi connectivity index (χ0n) is 25.1. The number of carboxylic acid groups (broad SMARTS) is 1. The number of hydrogen-bond acceptors (Lipinski definition) is 7. The average Bonchev–Trinajstić information content (AvgIpc) is 3.57. The molecule has 0 aliphatic carbocycles. The van der Waals surface area contributed by atoms with Crippen LogP contribution in [0.2, 0.25) is 0 Å². The fourth-order valence-corrected chi connectivity index (χ4v) is 5.30. The number of ketones is 2. The molecule has 0 bridgehead atoms. The fraction of sp³-hybridized carbons (Fsp3) is 0.567. The van der Waals surface area contributed by atoms with Gasteiger partial charge >= 0.3 is 12.0 Å². The Morgan fingerprint density at radius 2 is 1.47 bits per heavy atom. The molecule has 1 aromatic rings. The van der Waals surface area contributed by atoms with Gasteiger partial charge in [0.2, 0.25) is 29.3 Å². The number of carbonyl (C=O) groups is 7. The predicted molar refractivity (Wildman–Crippen MR) is 155 cm³/mol. The van der Waals surface area contributed by atoms with Crippen LogP contribution in [0.5, 0.6) is 0 Å². The monoisotopic (exact) mass is 599 g/mol. The molecule has 13 nitrogen and oxygen atoms in total. The van der Waals surface area contributed by atoms with Gasteiger partial charge in [-0.05, 0) is 30.2 Å². The molecule has 43 heavy (non-hydrogen) atoms. The Kier molecular flexibility index (Phi) is 11.4. The molecular weight excluding hydrogens is 558 g/mol. The fourth-order valence-electron chi connectivity index (χ4n) is 5.30. The van der Waals surface area contributed by atoms with E-state index in [2.05, 4.69) is 10.6 Å². The van der Waals surface area contributed by atoms with Crippen molar-refractivity contribution in [3.63, 3.8) is 0 Å². The van der Waals surface area contributed by atoms with Crippen molar-refractivity contribution in [2.75, 3.05) is 32.7 Å². The van der Waals surface area contributed by atoms with Gasteiger partial charge in [0.15, 0.2) is 0 Å². The van der Waals surface area contributed by atoms with Crippen molar-refractivity contribution in [2.45, 2.75) is 65.1 Å². The van der Waals surface area contributed by atoms with Crippen LogP contribution in [0, 0.1) is 11.8 Å². The summed E-state index contributed by atoms with van der Waals surface area (Å²) in [5.74, 6) is -4.78. The molecule has 3 N–H and O–H groups in total. The molecule has 0 saturated carbocycles. The van der Waals surface area contributed by atoms with Crippen molar-refractivity contribution in [1.82, 2.24) is 25.3 Å². The molecule has 0 spiro atoms. The van der Waals surface area contributed by atoms with Crippen molar-refractivity contribution in [1.29, 1.82) is 0 Å². The van der Waals surface area contributed by atoms with Crippen LogP contribution in [-0.4, -0.2) is 112 Å². The molecule has 0 aromatic heterocycles. The van der Waals surface area contributed by atoms with Crippen molar-refractivity contribution in [2.24, 2.45) is 11.8 Å². The van der Waals surface area contributed by atoms with Gasteiger partial charge in [-0.2, -0.15) is 0 Å². The number of aliphatic carboxylic acids is 1. The number of nitrogens with zero attached hydrogens (tertiary/aromatic N) is 3. The first-order chi connectivity index (χ1) is 20.3. The van der Waals surface area contributed by atoms with Crippen molar-refractivity contribution in [3.05, 3.63) is 35.9 Å². The van der Waals surface area contributed by atoms with E-state index in [4.69, 9.17) is 5.11 Å². The van der Waals surface area contributed by atoms with Gasteiger partial charge in [0, 0.05) is 26.1 Å². The number of nitrogens with one attached hydrogen (secondary N) is 2. The Morgan fingerprint density at radius 3 is 2.05 bits per heavy atom.